The van der Waals surface area contributed by atoms with Gasteiger partial charge in [-0.1, -0.05) is 18.2 Å². The van der Waals surface area contributed by atoms with Gasteiger partial charge in [-0.15, -0.1) is 0 Å². The fraction of sp³-hybridized carbons (Fsp3) is 0.250. The van der Waals surface area contributed by atoms with E-state index in [2.05, 4.69) is 0 Å². The minimum Gasteiger partial charge on any atom is -0.324 e. The van der Waals surface area contributed by atoms with E-state index in [0.29, 0.717) is 5.56 Å². The molecule has 3 rings (SSSR count). The third-order valence-electron chi connectivity index (χ3n) is 3.76. The maximum atomic E-state index is 13.3. The summed E-state index contributed by atoms with van der Waals surface area (Å²) in [6, 6.07) is 10.0. The Bertz CT molecular complexity index is 622. The van der Waals surface area contributed by atoms with Crippen molar-refractivity contribution in [1.82, 2.24) is 0 Å². The zero-order valence-electron chi connectivity index (χ0n) is 10.5. The Morgan fingerprint density at radius 3 is 2.47 bits per heavy atom. The van der Waals surface area contributed by atoms with Crippen LogP contribution in [0.15, 0.2) is 36.4 Å². The SMILES string of the molecule is NC1CCCc2ccc(-c3ccc(F)c(F)c3)cc21. The summed E-state index contributed by atoms with van der Waals surface area (Å²) >= 11 is 0. The summed E-state index contributed by atoms with van der Waals surface area (Å²) < 4.78 is 26.2. The second-order valence-corrected chi connectivity index (χ2v) is 5.04. The molecule has 0 aromatic heterocycles. The fourth-order valence-electron chi connectivity index (χ4n) is 2.69. The summed E-state index contributed by atoms with van der Waals surface area (Å²) in [5, 5.41) is 0. The van der Waals surface area contributed by atoms with Crippen LogP contribution in [0.25, 0.3) is 11.1 Å². The van der Waals surface area contributed by atoms with Gasteiger partial charge in [-0.05, 0) is 59.7 Å². The summed E-state index contributed by atoms with van der Waals surface area (Å²) in [5.74, 6) is -1.64. The molecule has 3 heteroatoms. The van der Waals surface area contributed by atoms with Crippen LogP contribution in [0.3, 0.4) is 0 Å². The van der Waals surface area contributed by atoms with Gasteiger partial charge in [-0.2, -0.15) is 0 Å². The van der Waals surface area contributed by atoms with Gasteiger partial charge in [0.25, 0.3) is 0 Å². The van der Waals surface area contributed by atoms with Gasteiger partial charge in [0, 0.05) is 6.04 Å². The lowest BCUT2D eigenvalue weighted by atomic mass is 9.86. The quantitative estimate of drug-likeness (QED) is 0.824. The van der Waals surface area contributed by atoms with Crippen molar-refractivity contribution in [2.45, 2.75) is 25.3 Å². The highest BCUT2D eigenvalue weighted by atomic mass is 19.2. The Hall–Kier alpha value is -1.74. The van der Waals surface area contributed by atoms with Crippen molar-refractivity contribution in [1.29, 1.82) is 0 Å². The van der Waals surface area contributed by atoms with Crippen LogP contribution in [-0.4, -0.2) is 0 Å². The van der Waals surface area contributed by atoms with E-state index in [0.717, 1.165) is 36.5 Å². The molecule has 0 aliphatic heterocycles. The molecule has 0 spiro atoms. The van der Waals surface area contributed by atoms with E-state index >= 15 is 0 Å². The number of hydrogen-bond acceptors (Lipinski definition) is 1. The number of halogens is 2. The van der Waals surface area contributed by atoms with E-state index < -0.39 is 11.6 Å². The molecule has 1 nitrogen and oxygen atoms in total. The molecule has 1 unspecified atom stereocenters. The number of nitrogens with two attached hydrogens (primary N) is 1. The van der Waals surface area contributed by atoms with Crippen molar-refractivity contribution in [3.8, 4) is 11.1 Å². The van der Waals surface area contributed by atoms with Crippen molar-refractivity contribution in [2.75, 3.05) is 0 Å². The first-order valence-electron chi connectivity index (χ1n) is 6.49. The number of fused-ring (bicyclic) bond motifs is 1. The predicted molar refractivity (Wildman–Crippen MR) is 71.7 cm³/mol. The summed E-state index contributed by atoms with van der Waals surface area (Å²) in [4.78, 5) is 0. The van der Waals surface area contributed by atoms with Gasteiger partial charge in [0.15, 0.2) is 11.6 Å². The average Bonchev–Trinajstić information content (AvgIpc) is 2.42. The first kappa shape index (κ1) is 12.3. The molecule has 2 N–H and O–H groups in total. The highest BCUT2D eigenvalue weighted by Gasteiger charge is 2.17. The second kappa shape index (κ2) is 4.74. The molecule has 0 heterocycles. The largest absolute Gasteiger partial charge is 0.324 e. The monoisotopic (exact) mass is 259 g/mol. The molecule has 19 heavy (non-hydrogen) atoms. The molecule has 0 radical (unpaired) electrons. The Kier molecular flexibility index (Phi) is 3.07. The maximum Gasteiger partial charge on any atom is 0.159 e. The van der Waals surface area contributed by atoms with Crippen LogP contribution in [0, 0.1) is 11.6 Å². The highest BCUT2D eigenvalue weighted by molar-refractivity contribution is 5.65. The Morgan fingerprint density at radius 2 is 1.68 bits per heavy atom. The molecule has 98 valence electrons. The van der Waals surface area contributed by atoms with Gasteiger partial charge in [-0.3, -0.25) is 0 Å². The van der Waals surface area contributed by atoms with Crippen molar-refractivity contribution < 1.29 is 8.78 Å². The van der Waals surface area contributed by atoms with Crippen LogP contribution < -0.4 is 5.73 Å². The minimum atomic E-state index is -0.821. The van der Waals surface area contributed by atoms with Crippen LogP contribution in [0.5, 0.6) is 0 Å². The molecule has 0 saturated heterocycles. The molecule has 1 aliphatic rings. The predicted octanol–water partition coefficient (Wildman–Crippen LogP) is 3.97. The summed E-state index contributed by atoms with van der Waals surface area (Å²) in [6.07, 6.45) is 3.13. The Labute approximate surface area is 111 Å². The number of benzene rings is 2. The normalized spacial score (nSPS) is 18.2. The second-order valence-electron chi connectivity index (χ2n) is 5.04. The van der Waals surface area contributed by atoms with Crippen LogP contribution in [0.4, 0.5) is 8.78 Å². The zero-order chi connectivity index (χ0) is 13.4. The van der Waals surface area contributed by atoms with Crippen molar-refractivity contribution in [2.24, 2.45) is 5.73 Å². The summed E-state index contributed by atoms with van der Waals surface area (Å²) in [6.45, 7) is 0. The van der Waals surface area contributed by atoms with Crippen molar-refractivity contribution in [3.63, 3.8) is 0 Å². The first-order chi connectivity index (χ1) is 9.15. The Balaban J connectivity index is 2.06. The first-order valence-corrected chi connectivity index (χ1v) is 6.49. The maximum absolute atomic E-state index is 13.3. The number of rotatable bonds is 1. The lowest BCUT2D eigenvalue weighted by molar-refractivity contribution is 0.509. The molecular formula is C16H15F2N. The van der Waals surface area contributed by atoms with E-state index in [-0.39, 0.29) is 6.04 Å². The number of hydrogen-bond donors (Lipinski definition) is 1. The van der Waals surface area contributed by atoms with Gasteiger partial charge in [-0.25, -0.2) is 8.78 Å². The lowest BCUT2D eigenvalue weighted by Crippen LogP contribution is -2.17. The van der Waals surface area contributed by atoms with E-state index in [4.69, 9.17) is 5.73 Å². The van der Waals surface area contributed by atoms with Crippen LogP contribution in [-0.2, 0) is 6.42 Å². The topological polar surface area (TPSA) is 26.0 Å². The molecular weight excluding hydrogens is 244 g/mol. The summed E-state index contributed by atoms with van der Waals surface area (Å²) in [5.41, 5.74) is 10.1. The van der Waals surface area contributed by atoms with Crippen molar-refractivity contribution >= 4 is 0 Å². The van der Waals surface area contributed by atoms with Gasteiger partial charge < -0.3 is 5.73 Å². The molecule has 2 aromatic rings. The van der Waals surface area contributed by atoms with E-state index in [1.54, 1.807) is 6.07 Å². The van der Waals surface area contributed by atoms with E-state index in [1.165, 1.54) is 11.6 Å². The van der Waals surface area contributed by atoms with Crippen LogP contribution in [0.1, 0.15) is 30.0 Å². The fourth-order valence-corrected chi connectivity index (χ4v) is 2.69. The smallest absolute Gasteiger partial charge is 0.159 e. The zero-order valence-corrected chi connectivity index (χ0v) is 10.5. The molecule has 0 bridgehead atoms. The number of aryl methyl sites for hydroxylation is 1. The average molecular weight is 259 g/mol. The van der Waals surface area contributed by atoms with Crippen LogP contribution >= 0.6 is 0 Å². The van der Waals surface area contributed by atoms with E-state index in [1.807, 2.05) is 18.2 Å². The highest BCUT2D eigenvalue weighted by Crippen LogP contribution is 2.32. The molecule has 0 fully saturated rings. The molecule has 1 atom stereocenters. The lowest BCUT2D eigenvalue weighted by Gasteiger charge is -2.23. The minimum absolute atomic E-state index is 0.0500. The van der Waals surface area contributed by atoms with Gasteiger partial charge >= 0.3 is 0 Å². The van der Waals surface area contributed by atoms with E-state index in [9.17, 15) is 8.78 Å². The molecule has 0 amide bonds. The standard InChI is InChI=1S/C16H15F2N/c17-14-7-6-12(9-15(14)18)11-5-4-10-2-1-3-16(19)13(10)8-11/h4-9,16H,1-3,19H2. The van der Waals surface area contributed by atoms with Crippen LogP contribution in [0.2, 0.25) is 0 Å². The molecule has 2 aromatic carbocycles. The van der Waals surface area contributed by atoms with Gasteiger partial charge in [0.2, 0.25) is 0 Å². The van der Waals surface area contributed by atoms with Gasteiger partial charge in [0.05, 0.1) is 0 Å². The third kappa shape index (κ3) is 2.26. The Morgan fingerprint density at radius 1 is 0.947 bits per heavy atom. The van der Waals surface area contributed by atoms with Gasteiger partial charge in [0.1, 0.15) is 0 Å². The molecule has 1 aliphatic carbocycles. The summed E-state index contributed by atoms with van der Waals surface area (Å²) in [7, 11) is 0. The third-order valence-corrected chi connectivity index (χ3v) is 3.76. The van der Waals surface area contributed by atoms with Crippen molar-refractivity contribution in [3.05, 3.63) is 59.2 Å². The molecule has 0 saturated carbocycles.